The summed E-state index contributed by atoms with van der Waals surface area (Å²) in [6.45, 7) is 0.612. The van der Waals surface area contributed by atoms with Crippen LogP contribution >= 0.6 is 12.2 Å². The van der Waals surface area contributed by atoms with Crippen LogP contribution in [0.25, 0.3) is 0 Å². The van der Waals surface area contributed by atoms with Gasteiger partial charge in [-0.05, 0) is 31.5 Å². The molecule has 0 aromatic rings. The first-order chi connectivity index (χ1) is 10.8. The van der Waals surface area contributed by atoms with Crippen LogP contribution in [0.3, 0.4) is 0 Å². The van der Waals surface area contributed by atoms with Gasteiger partial charge in [-0.1, -0.05) is 6.42 Å². The number of thiocarbonyl (C=S) groups is 1. The Morgan fingerprint density at radius 3 is 2.57 bits per heavy atom. The van der Waals surface area contributed by atoms with E-state index in [1.54, 1.807) is 0 Å². The Balaban J connectivity index is 2.06. The van der Waals surface area contributed by atoms with Crippen LogP contribution in [-0.2, 0) is 24.2 Å². The summed E-state index contributed by atoms with van der Waals surface area (Å²) >= 11 is 5.00. The Morgan fingerprint density at radius 2 is 1.96 bits per heavy atom. The SMILES string of the molecule is COC(=O)CCCCCNC(=S)NNC(=O)[C@@H]1CCS(=O)(=O)C1. The molecule has 0 aliphatic carbocycles. The molecule has 132 valence electrons. The molecule has 1 amide bonds. The van der Waals surface area contributed by atoms with Gasteiger partial charge >= 0.3 is 5.97 Å². The molecule has 0 aromatic heterocycles. The molecule has 1 aliphatic heterocycles. The summed E-state index contributed by atoms with van der Waals surface area (Å²) in [5.74, 6) is -1.16. The first kappa shape index (κ1) is 19.6. The number of carbonyl (C=O) groups is 2. The number of ether oxygens (including phenoxy) is 1. The number of methoxy groups -OCH3 is 1. The molecule has 1 aliphatic rings. The van der Waals surface area contributed by atoms with Gasteiger partial charge in [0.15, 0.2) is 14.9 Å². The fourth-order valence-electron chi connectivity index (χ4n) is 2.14. The Kier molecular flexibility index (Phi) is 8.24. The largest absolute Gasteiger partial charge is 0.469 e. The van der Waals surface area contributed by atoms with E-state index in [-0.39, 0.29) is 28.5 Å². The van der Waals surface area contributed by atoms with Gasteiger partial charge in [0.1, 0.15) is 0 Å². The first-order valence-electron chi connectivity index (χ1n) is 7.45. The Hall–Kier alpha value is -1.42. The van der Waals surface area contributed by atoms with Crippen molar-refractivity contribution < 1.29 is 22.7 Å². The van der Waals surface area contributed by atoms with Crippen molar-refractivity contribution in [3.05, 3.63) is 0 Å². The van der Waals surface area contributed by atoms with Crippen LogP contribution in [0, 0.1) is 5.92 Å². The summed E-state index contributed by atoms with van der Waals surface area (Å²) in [6, 6.07) is 0. The lowest BCUT2D eigenvalue weighted by atomic mass is 10.1. The maximum atomic E-state index is 11.8. The van der Waals surface area contributed by atoms with Crippen LogP contribution in [0.1, 0.15) is 32.1 Å². The fourth-order valence-corrected chi connectivity index (χ4v) is 4.04. The average Bonchev–Trinajstić information content (AvgIpc) is 2.88. The monoisotopic (exact) mass is 365 g/mol. The third kappa shape index (κ3) is 8.12. The quantitative estimate of drug-likeness (QED) is 0.243. The number of rotatable bonds is 7. The van der Waals surface area contributed by atoms with E-state index in [4.69, 9.17) is 12.2 Å². The van der Waals surface area contributed by atoms with Crippen molar-refractivity contribution in [1.82, 2.24) is 16.2 Å². The second kappa shape index (κ2) is 9.66. The van der Waals surface area contributed by atoms with Gasteiger partial charge in [0.2, 0.25) is 5.91 Å². The predicted octanol–water partition coefficient (Wildman–Crippen LogP) is -0.350. The average molecular weight is 365 g/mol. The molecule has 0 bridgehead atoms. The second-order valence-electron chi connectivity index (χ2n) is 5.36. The number of sulfone groups is 1. The molecule has 1 atom stereocenters. The molecule has 0 saturated carbocycles. The number of hydrogen-bond acceptors (Lipinski definition) is 6. The van der Waals surface area contributed by atoms with E-state index in [1.165, 1.54) is 7.11 Å². The van der Waals surface area contributed by atoms with E-state index in [0.717, 1.165) is 19.3 Å². The lowest BCUT2D eigenvalue weighted by Gasteiger charge is -2.13. The van der Waals surface area contributed by atoms with Crippen molar-refractivity contribution in [1.29, 1.82) is 0 Å². The van der Waals surface area contributed by atoms with Gasteiger partial charge in [0, 0.05) is 13.0 Å². The van der Waals surface area contributed by atoms with Gasteiger partial charge in [-0.3, -0.25) is 20.4 Å². The second-order valence-corrected chi connectivity index (χ2v) is 7.99. The van der Waals surface area contributed by atoms with Crippen LogP contribution in [-0.4, -0.2) is 50.6 Å². The lowest BCUT2D eigenvalue weighted by Crippen LogP contribution is -2.49. The highest BCUT2D eigenvalue weighted by atomic mass is 32.2. The van der Waals surface area contributed by atoms with Crippen molar-refractivity contribution in [2.24, 2.45) is 5.92 Å². The zero-order valence-electron chi connectivity index (χ0n) is 13.1. The number of carbonyl (C=O) groups excluding carboxylic acids is 2. The summed E-state index contributed by atoms with van der Waals surface area (Å²) < 4.78 is 27.2. The summed E-state index contributed by atoms with van der Waals surface area (Å²) in [5, 5.41) is 3.19. The topological polar surface area (TPSA) is 114 Å². The molecule has 8 nitrogen and oxygen atoms in total. The minimum atomic E-state index is -3.08. The Bertz CT molecular complexity index is 536. The maximum Gasteiger partial charge on any atom is 0.305 e. The van der Waals surface area contributed by atoms with E-state index in [2.05, 4.69) is 20.9 Å². The van der Waals surface area contributed by atoms with E-state index in [9.17, 15) is 18.0 Å². The zero-order valence-corrected chi connectivity index (χ0v) is 14.7. The third-order valence-corrected chi connectivity index (χ3v) is 5.49. The highest BCUT2D eigenvalue weighted by Gasteiger charge is 2.32. The minimum absolute atomic E-state index is 0.0549. The van der Waals surface area contributed by atoms with Gasteiger partial charge < -0.3 is 10.1 Å². The van der Waals surface area contributed by atoms with Crippen LogP contribution in [0.4, 0.5) is 0 Å². The minimum Gasteiger partial charge on any atom is -0.469 e. The number of hydrogen-bond donors (Lipinski definition) is 3. The Labute approximate surface area is 141 Å². The van der Waals surface area contributed by atoms with E-state index >= 15 is 0 Å². The molecule has 0 spiro atoms. The molecular weight excluding hydrogens is 342 g/mol. The molecule has 1 saturated heterocycles. The summed E-state index contributed by atoms with van der Waals surface area (Å²) in [4.78, 5) is 22.7. The summed E-state index contributed by atoms with van der Waals surface area (Å²) in [6.07, 6.45) is 3.18. The smallest absolute Gasteiger partial charge is 0.305 e. The lowest BCUT2D eigenvalue weighted by molar-refractivity contribution is -0.140. The predicted molar refractivity (Wildman–Crippen MR) is 89.1 cm³/mol. The van der Waals surface area contributed by atoms with Crippen LogP contribution in [0.2, 0.25) is 0 Å². The van der Waals surface area contributed by atoms with E-state index in [1.807, 2.05) is 0 Å². The Morgan fingerprint density at radius 1 is 1.22 bits per heavy atom. The van der Waals surface area contributed by atoms with Gasteiger partial charge in [0.25, 0.3) is 0 Å². The van der Waals surface area contributed by atoms with Crippen molar-refractivity contribution >= 4 is 39.0 Å². The van der Waals surface area contributed by atoms with Crippen LogP contribution < -0.4 is 16.2 Å². The number of esters is 1. The molecule has 23 heavy (non-hydrogen) atoms. The molecule has 10 heteroatoms. The highest BCUT2D eigenvalue weighted by molar-refractivity contribution is 7.91. The fraction of sp³-hybridized carbons (Fsp3) is 0.769. The van der Waals surface area contributed by atoms with Crippen LogP contribution in [0.15, 0.2) is 0 Å². The number of amides is 1. The van der Waals surface area contributed by atoms with E-state index in [0.29, 0.717) is 19.4 Å². The molecule has 0 unspecified atom stereocenters. The molecule has 1 fully saturated rings. The van der Waals surface area contributed by atoms with Gasteiger partial charge in [0.05, 0.1) is 24.5 Å². The standard InChI is InChI=1S/C13H23N3O5S2/c1-21-11(17)5-3-2-4-7-14-13(22)16-15-12(18)10-6-8-23(19,20)9-10/h10H,2-9H2,1H3,(H,15,18)(H2,14,16,22)/t10-/m1/s1. The van der Waals surface area contributed by atoms with Crippen molar-refractivity contribution in [2.45, 2.75) is 32.1 Å². The molecular formula is C13H23N3O5S2. The van der Waals surface area contributed by atoms with Crippen molar-refractivity contribution in [2.75, 3.05) is 25.2 Å². The van der Waals surface area contributed by atoms with Gasteiger partial charge in [-0.15, -0.1) is 0 Å². The van der Waals surface area contributed by atoms with E-state index < -0.39 is 15.8 Å². The highest BCUT2D eigenvalue weighted by Crippen LogP contribution is 2.17. The molecule has 0 radical (unpaired) electrons. The summed E-state index contributed by atoms with van der Waals surface area (Å²) in [5.41, 5.74) is 4.98. The number of unbranched alkanes of at least 4 members (excludes halogenated alkanes) is 2. The first-order valence-corrected chi connectivity index (χ1v) is 9.68. The van der Waals surface area contributed by atoms with Crippen LogP contribution in [0.5, 0.6) is 0 Å². The zero-order chi connectivity index (χ0) is 17.3. The maximum absolute atomic E-state index is 11.8. The summed E-state index contributed by atoms with van der Waals surface area (Å²) in [7, 11) is -1.72. The molecule has 0 aromatic carbocycles. The molecule has 3 N–H and O–H groups in total. The molecule has 1 heterocycles. The van der Waals surface area contributed by atoms with Crippen molar-refractivity contribution in [3.8, 4) is 0 Å². The van der Waals surface area contributed by atoms with Crippen molar-refractivity contribution in [3.63, 3.8) is 0 Å². The normalized spacial score (nSPS) is 18.9. The van der Waals surface area contributed by atoms with Gasteiger partial charge in [-0.2, -0.15) is 0 Å². The number of nitrogens with one attached hydrogen (secondary N) is 3. The molecule has 1 rings (SSSR count). The third-order valence-electron chi connectivity index (χ3n) is 3.47. The van der Waals surface area contributed by atoms with Gasteiger partial charge in [-0.25, -0.2) is 8.42 Å². The number of hydrazine groups is 1.